The predicted molar refractivity (Wildman–Crippen MR) is 223 cm³/mol. The van der Waals surface area contributed by atoms with Crippen molar-refractivity contribution in [2.45, 2.75) is 155 Å². The molecule has 4 saturated carbocycles. The molecule has 0 saturated heterocycles. The quantitative estimate of drug-likeness (QED) is 0.132. The normalized spacial score (nSPS) is 18.0. The molecule has 0 atom stereocenters. The third-order valence-corrected chi connectivity index (χ3v) is 11.4. The van der Waals surface area contributed by atoms with Crippen molar-refractivity contribution in [3.8, 4) is 22.3 Å². The van der Waals surface area contributed by atoms with E-state index in [1.54, 1.807) is 0 Å². The molecule has 2 aromatic carbocycles. The second kappa shape index (κ2) is 19.0. The van der Waals surface area contributed by atoms with Crippen LogP contribution in [0, 0.1) is 27.7 Å². The van der Waals surface area contributed by atoms with Crippen LogP contribution < -0.4 is 21.7 Å². The highest BCUT2D eigenvalue weighted by molar-refractivity contribution is 6.32. The average molecular weight is 737 g/mol. The largest absolute Gasteiger partial charge is 0.367 e. The molecule has 4 aliphatic rings. The molecule has 4 fully saturated rings. The van der Waals surface area contributed by atoms with Crippen molar-refractivity contribution < 1.29 is 0 Å². The van der Waals surface area contributed by atoms with E-state index in [1.165, 1.54) is 119 Å². The summed E-state index contributed by atoms with van der Waals surface area (Å²) in [5, 5.41) is 11.6. The zero-order valence-corrected chi connectivity index (χ0v) is 33.2. The Hall–Kier alpha value is -3.75. The van der Waals surface area contributed by atoms with Gasteiger partial charge in [0, 0.05) is 24.2 Å². The van der Waals surface area contributed by atoms with Gasteiger partial charge >= 0.3 is 0 Å². The number of nitrogens with zero attached hydrogens (tertiary/aromatic N) is 4. The summed E-state index contributed by atoms with van der Waals surface area (Å²) in [5.74, 6) is 4.39. The summed E-state index contributed by atoms with van der Waals surface area (Å²) >= 11 is 6.40. The Morgan fingerprint density at radius 3 is 1.15 bits per heavy atom. The molecule has 2 heterocycles. The Bertz CT molecular complexity index is 1700. The molecule has 0 amide bonds. The second-order valence-electron chi connectivity index (χ2n) is 15.8. The van der Waals surface area contributed by atoms with E-state index in [0.717, 1.165) is 40.0 Å². The van der Waals surface area contributed by atoms with Crippen LogP contribution in [-0.2, 0) is 0 Å². The van der Waals surface area contributed by atoms with Crippen molar-refractivity contribution in [2.75, 3.05) is 16.0 Å². The number of benzene rings is 2. The number of hydrogen-bond donors (Lipinski definition) is 4. The fourth-order valence-corrected chi connectivity index (χ4v) is 8.46. The van der Waals surface area contributed by atoms with Gasteiger partial charge in [-0.25, -0.2) is 19.9 Å². The van der Waals surface area contributed by atoms with Crippen molar-refractivity contribution in [3.63, 3.8) is 0 Å². The van der Waals surface area contributed by atoms with Crippen LogP contribution in [-0.4, -0.2) is 44.1 Å². The molecule has 0 radical (unpaired) electrons. The minimum Gasteiger partial charge on any atom is -0.367 e. The van der Waals surface area contributed by atoms with Crippen molar-refractivity contribution >= 4 is 29.1 Å². The molecule has 0 aliphatic heterocycles. The first-order valence-corrected chi connectivity index (χ1v) is 20.7. The summed E-state index contributed by atoms with van der Waals surface area (Å²) in [5.41, 5.74) is 12.3. The van der Waals surface area contributed by atoms with Crippen LogP contribution in [0.5, 0.6) is 0 Å². The molecule has 0 unspecified atom stereocenters. The smallest absolute Gasteiger partial charge is 0.142 e. The monoisotopic (exact) mass is 736 g/mol. The Labute approximate surface area is 323 Å². The van der Waals surface area contributed by atoms with Crippen molar-refractivity contribution in [1.82, 2.24) is 19.9 Å². The lowest BCUT2D eigenvalue weighted by atomic mass is 10.0. The maximum absolute atomic E-state index is 6.40. The second-order valence-corrected chi connectivity index (χ2v) is 16.1. The van der Waals surface area contributed by atoms with Crippen LogP contribution in [0.3, 0.4) is 0 Å². The minimum atomic E-state index is 0.500. The van der Waals surface area contributed by atoms with Gasteiger partial charge in [0.05, 0.1) is 11.1 Å². The Morgan fingerprint density at radius 2 is 0.792 bits per heavy atom. The van der Waals surface area contributed by atoms with Crippen LogP contribution in [0.25, 0.3) is 22.3 Å². The summed E-state index contributed by atoms with van der Waals surface area (Å²) in [7, 11) is 0. The molecular formula is C44H61ClN8. The number of anilines is 3. The highest BCUT2D eigenvalue weighted by Gasteiger charge is 2.24. The third-order valence-electron chi connectivity index (χ3n) is 11.2. The van der Waals surface area contributed by atoms with Gasteiger partial charge in [-0.15, -0.1) is 0 Å². The first-order chi connectivity index (χ1) is 25.7. The zero-order valence-electron chi connectivity index (χ0n) is 32.5. The average Bonchev–Trinajstić information content (AvgIpc) is 3.98. The van der Waals surface area contributed by atoms with Crippen molar-refractivity contribution in [3.05, 3.63) is 76.5 Å². The summed E-state index contributed by atoms with van der Waals surface area (Å²) in [6.45, 7) is 8.09. The number of hydrogen-bond acceptors (Lipinski definition) is 8. The number of aromatic nitrogens is 4. The molecule has 284 valence electrons. The van der Waals surface area contributed by atoms with E-state index in [2.05, 4.69) is 88.3 Å². The molecule has 4 aliphatic carbocycles. The highest BCUT2D eigenvalue weighted by Crippen LogP contribution is 2.37. The Balaban J connectivity index is 0.000000159. The third kappa shape index (κ3) is 11.1. The Morgan fingerprint density at radius 1 is 0.472 bits per heavy atom. The molecule has 0 bridgehead atoms. The van der Waals surface area contributed by atoms with Gasteiger partial charge in [-0.3, -0.25) is 0 Å². The molecule has 9 heteroatoms. The van der Waals surface area contributed by atoms with E-state index in [-0.39, 0.29) is 0 Å². The number of nitrogens with two attached hydrogens (primary N) is 1. The lowest BCUT2D eigenvalue weighted by Gasteiger charge is -2.22. The van der Waals surface area contributed by atoms with Gasteiger partial charge in [-0.05, 0) is 90.2 Å². The summed E-state index contributed by atoms with van der Waals surface area (Å²) in [6.07, 6.45) is 20.4. The molecule has 4 aromatic rings. The Kier molecular flexibility index (Phi) is 14.0. The molecule has 2 aromatic heterocycles. The first kappa shape index (κ1) is 39.0. The van der Waals surface area contributed by atoms with E-state index in [9.17, 15) is 0 Å². The van der Waals surface area contributed by atoms with E-state index in [0.29, 0.717) is 35.1 Å². The molecule has 0 spiro atoms. The predicted octanol–water partition coefficient (Wildman–Crippen LogP) is 11.1. The molecule has 5 N–H and O–H groups in total. The zero-order chi connectivity index (χ0) is 37.2. The fraction of sp³-hybridized carbons (Fsp3) is 0.545. The van der Waals surface area contributed by atoms with Gasteiger partial charge in [0.25, 0.3) is 0 Å². The summed E-state index contributed by atoms with van der Waals surface area (Å²) in [6, 6.07) is 19.2. The number of rotatable bonds is 8. The number of aryl methyl sites for hydroxylation is 4. The lowest BCUT2D eigenvalue weighted by molar-refractivity contribution is 0.704. The fourth-order valence-electron chi connectivity index (χ4n) is 8.14. The van der Waals surface area contributed by atoms with Gasteiger partial charge in [0.2, 0.25) is 0 Å². The van der Waals surface area contributed by atoms with Crippen LogP contribution in [0.2, 0.25) is 5.15 Å². The number of nitrogens with one attached hydrogen (secondary N) is 3. The molecule has 8 rings (SSSR count). The minimum absolute atomic E-state index is 0.500. The van der Waals surface area contributed by atoms with E-state index < -0.39 is 0 Å². The van der Waals surface area contributed by atoms with Gasteiger partial charge in [0.1, 0.15) is 34.3 Å². The van der Waals surface area contributed by atoms with Crippen LogP contribution in [0.15, 0.2) is 48.5 Å². The van der Waals surface area contributed by atoms with Crippen LogP contribution in [0.4, 0.5) is 17.5 Å². The molecule has 53 heavy (non-hydrogen) atoms. The molecular weight excluding hydrogens is 676 g/mol. The standard InChI is InChI=1S/C22H30N4.C17H20ClN3.C5H11N/c1-15-11-13-17(14-12-15)20-21(25-18-7-3-4-8-18)23-16(2)24-22(20)26-19-9-5-6-10-19;1-11-7-9-13(10-8-11)15-16(18)19-12(2)20-17(15)21-14-5-3-4-6-14;6-5-3-1-2-4-5/h11-14,18-19H,3-10H2,1-2H3,(H2,23,24,25,26);7-10,14H,3-6H2,1-2H3,(H,19,20,21);5H,1-4,6H2. The van der Waals surface area contributed by atoms with Gasteiger partial charge in [-0.2, -0.15) is 0 Å². The molecule has 8 nitrogen and oxygen atoms in total. The van der Waals surface area contributed by atoms with E-state index in [4.69, 9.17) is 27.3 Å². The lowest BCUT2D eigenvalue weighted by Crippen LogP contribution is -2.20. The summed E-state index contributed by atoms with van der Waals surface area (Å²) < 4.78 is 0. The SMILES string of the molecule is Cc1ccc(-c2c(Cl)nc(C)nc2NC2CCCC2)cc1.Cc1ccc(-c2c(NC3CCCC3)nc(C)nc2NC2CCCC2)cc1.NC1CCCC1. The number of halogens is 1. The summed E-state index contributed by atoms with van der Waals surface area (Å²) in [4.78, 5) is 18.5. The maximum atomic E-state index is 6.40. The van der Waals surface area contributed by atoms with Crippen LogP contribution in [0.1, 0.15) is 126 Å². The van der Waals surface area contributed by atoms with Gasteiger partial charge in [0.15, 0.2) is 0 Å². The van der Waals surface area contributed by atoms with E-state index >= 15 is 0 Å². The van der Waals surface area contributed by atoms with E-state index in [1.807, 2.05) is 13.8 Å². The van der Waals surface area contributed by atoms with Crippen molar-refractivity contribution in [1.29, 1.82) is 0 Å². The topological polar surface area (TPSA) is 114 Å². The van der Waals surface area contributed by atoms with Gasteiger partial charge in [-0.1, -0.05) is 123 Å². The highest BCUT2D eigenvalue weighted by atomic mass is 35.5. The van der Waals surface area contributed by atoms with Crippen LogP contribution >= 0.6 is 11.6 Å². The van der Waals surface area contributed by atoms with Gasteiger partial charge < -0.3 is 21.7 Å². The van der Waals surface area contributed by atoms with Crippen molar-refractivity contribution in [2.24, 2.45) is 5.73 Å². The first-order valence-electron chi connectivity index (χ1n) is 20.3. The maximum Gasteiger partial charge on any atom is 0.142 e.